The van der Waals surface area contributed by atoms with Crippen LogP contribution in [0.4, 0.5) is 0 Å². The molecule has 0 aliphatic carbocycles. The predicted molar refractivity (Wildman–Crippen MR) is 93.9 cm³/mol. The maximum atomic E-state index is 13.4. The molecule has 0 saturated carbocycles. The summed E-state index contributed by atoms with van der Waals surface area (Å²) in [7, 11) is -7.22. The molecular formula is C13H32NO3PSi2. The van der Waals surface area contributed by atoms with Crippen molar-refractivity contribution < 1.29 is 13.0 Å². The molecule has 0 fully saturated rings. The van der Waals surface area contributed by atoms with Crippen LogP contribution in [0, 0.1) is 5.92 Å². The van der Waals surface area contributed by atoms with Crippen molar-refractivity contribution in [2.45, 2.75) is 72.8 Å². The van der Waals surface area contributed by atoms with Gasteiger partial charge in [0.05, 0.1) is 0 Å². The molecule has 0 aromatic carbocycles. The largest absolute Gasteiger partial charge is 0.350 e. The van der Waals surface area contributed by atoms with E-state index in [4.69, 9.17) is 8.43 Å². The van der Waals surface area contributed by atoms with Crippen LogP contribution in [0.2, 0.25) is 39.3 Å². The molecule has 120 valence electrons. The third-order valence-corrected chi connectivity index (χ3v) is 9.89. The summed E-state index contributed by atoms with van der Waals surface area (Å²) in [6.07, 6.45) is 0. The van der Waals surface area contributed by atoms with Gasteiger partial charge in [-0.15, -0.1) is 0 Å². The minimum atomic E-state index is -3.25. The van der Waals surface area contributed by atoms with Gasteiger partial charge >= 0.3 is 7.60 Å². The Balaban J connectivity index is 5.70. The maximum Gasteiger partial charge on any atom is 0.335 e. The molecule has 1 atom stereocenters. The second-order valence-corrected chi connectivity index (χ2v) is 19.2. The van der Waals surface area contributed by atoms with Gasteiger partial charge in [0.2, 0.25) is 0 Å². The van der Waals surface area contributed by atoms with Gasteiger partial charge in [-0.05, 0) is 59.0 Å². The number of rotatable bonds is 7. The molecular weight excluding hydrogens is 305 g/mol. The van der Waals surface area contributed by atoms with Crippen molar-refractivity contribution in [1.29, 1.82) is 0 Å². The monoisotopic (exact) mass is 337 g/mol. The maximum absolute atomic E-state index is 13.4. The van der Waals surface area contributed by atoms with Gasteiger partial charge in [0.25, 0.3) is 0 Å². The zero-order chi connectivity index (χ0) is 16.4. The zero-order valence-electron chi connectivity index (χ0n) is 14.8. The molecule has 0 N–H and O–H groups in total. The number of hydrogen-bond donors (Lipinski definition) is 0. The lowest BCUT2D eigenvalue weighted by atomic mass is 10.2. The summed E-state index contributed by atoms with van der Waals surface area (Å²) in [5.74, 6) is -0.297. The lowest BCUT2D eigenvalue weighted by Crippen LogP contribution is -2.34. The molecule has 0 heterocycles. The Morgan fingerprint density at radius 3 is 1.50 bits per heavy atom. The van der Waals surface area contributed by atoms with Gasteiger partial charge in [0.15, 0.2) is 22.4 Å². The Kier molecular flexibility index (Phi) is 7.10. The molecule has 4 nitrogen and oxygen atoms in total. The quantitative estimate of drug-likeness (QED) is 0.357. The summed E-state index contributed by atoms with van der Waals surface area (Å²) in [5, 5.41) is 0. The molecule has 0 rings (SSSR count). The number of aliphatic imine (C=N–C) groups is 1. The summed E-state index contributed by atoms with van der Waals surface area (Å²) in [5.41, 5.74) is 0.905. The minimum absolute atomic E-state index is 0.114. The van der Waals surface area contributed by atoms with E-state index in [1.807, 2.05) is 67.0 Å². The first-order chi connectivity index (χ1) is 8.66. The first kappa shape index (κ1) is 20.3. The van der Waals surface area contributed by atoms with Crippen LogP contribution < -0.4 is 0 Å². The van der Waals surface area contributed by atoms with Crippen molar-refractivity contribution >= 4 is 29.9 Å². The topological polar surface area (TPSA) is 47.9 Å². The van der Waals surface area contributed by atoms with E-state index in [1.54, 1.807) is 0 Å². The molecule has 0 bridgehead atoms. The molecule has 0 aromatic heterocycles. The van der Waals surface area contributed by atoms with E-state index >= 15 is 0 Å². The van der Waals surface area contributed by atoms with Crippen LogP contribution in [-0.4, -0.2) is 28.1 Å². The highest BCUT2D eigenvalue weighted by Crippen LogP contribution is 2.59. The summed E-state index contributed by atoms with van der Waals surface area (Å²) >= 11 is 0. The fraction of sp³-hybridized carbons (Fsp3) is 0.923. The van der Waals surface area contributed by atoms with Gasteiger partial charge in [0, 0.05) is 5.71 Å². The molecule has 1 unspecified atom stereocenters. The lowest BCUT2D eigenvalue weighted by Gasteiger charge is -2.35. The lowest BCUT2D eigenvalue weighted by molar-refractivity contribution is 0.354. The van der Waals surface area contributed by atoms with Crippen LogP contribution in [0.15, 0.2) is 4.99 Å². The van der Waals surface area contributed by atoms with Crippen LogP contribution in [0.25, 0.3) is 0 Å². The fourth-order valence-electron chi connectivity index (χ4n) is 1.74. The Hall–Kier alpha value is 0.254. The van der Waals surface area contributed by atoms with Crippen LogP contribution in [0.1, 0.15) is 27.7 Å². The highest BCUT2D eigenvalue weighted by Gasteiger charge is 2.44. The van der Waals surface area contributed by atoms with Crippen LogP contribution in [-0.2, 0) is 13.0 Å². The Morgan fingerprint density at radius 1 is 0.950 bits per heavy atom. The van der Waals surface area contributed by atoms with Crippen molar-refractivity contribution in [1.82, 2.24) is 0 Å². The number of hydrogen-bond acceptors (Lipinski definition) is 4. The smallest absolute Gasteiger partial charge is 0.335 e. The average molecular weight is 338 g/mol. The highest BCUT2D eigenvalue weighted by atomic mass is 31.2. The van der Waals surface area contributed by atoms with E-state index in [-0.39, 0.29) is 5.92 Å². The molecule has 0 aliphatic rings. The van der Waals surface area contributed by atoms with E-state index in [0.29, 0.717) is 0 Å². The highest BCUT2D eigenvalue weighted by molar-refractivity contribution is 7.57. The van der Waals surface area contributed by atoms with Gasteiger partial charge in [-0.25, -0.2) is 0 Å². The van der Waals surface area contributed by atoms with E-state index in [1.165, 1.54) is 0 Å². The summed E-state index contributed by atoms with van der Waals surface area (Å²) in [6.45, 7) is 20.1. The molecule has 0 spiro atoms. The van der Waals surface area contributed by atoms with Crippen LogP contribution >= 0.6 is 7.60 Å². The fourth-order valence-corrected chi connectivity index (χ4v) is 10.3. The third kappa shape index (κ3) is 7.88. The summed E-state index contributed by atoms with van der Waals surface area (Å²) < 4.78 is 25.5. The first-order valence-electron chi connectivity index (χ1n) is 7.18. The summed E-state index contributed by atoms with van der Waals surface area (Å²) in [4.78, 5) is 4.56. The molecule has 0 radical (unpaired) electrons. The van der Waals surface area contributed by atoms with Gasteiger partial charge < -0.3 is 8.43 Å². The van der Waals surface area contributed by atoms with Gasteiger partial charge in [-0.2, -0.15) is 0 Å². The normalized spacial score (nSPS) is 15.3. The third-order valence-electron chi connectivity index (χ3n) is 2.11. The van der Waals surface area contributed by atoms with E-state index in [2.05, 4.69) is 4.99 Å². The Bertz CT molecular complexity index is 373. The SMILES string of the molecule is CC(C)=NC(C(C)C)P(=O)(O[Si](C)(C)C)O[Si](C)(C)C. The Morgan fingerprint density at radius 2 is 1.30 bits per heavy atom. The van der Waals surface area contributed by atoms with Crippen molar-refractivity contribution in [3.63, 3.8) is 0 Å². The molecule has 7 heteroatoms. The minimum Gasteiger partial charge on any atom is -0.350 e. The first-order valence-corrected chi connectivity index (χ1v) is 15.6. The second-order valence-electron chi connectivity index (χ2n) is 7.68. The summed E-state index contributed by atoms with van der Waals surface area (Å²) in [6, 6.07) is 0. The molecule has 0 aromatic rings. The zero-order valence-corrected chi connectivity index (χ0v) is 17.7. The Labute approximate surface area is 127 Å². The van der Waals surface area contributed by atoms with Crippen LogP contribution in [0.5, 0.6) is 0 Å². The van der Waals surface area contributed by atoms with Crippen molar-refractivity contribution in [3.05, 3.63) is 0 Å². The standard InChI is InChI=1S/C13H32NO3PSi2/c1-11(2)13(14-12(3)4)18(15,16-19(5,6)7)17-20(8,9)10/h11,13H,1-10H3. The van der Waals surface area contributed by atoms with Crippen molar-refractivity contribution in [3.8, 4) is 0 Å². The van der Waals surface area contributed by atoms with E-state index < -0.39 is 30.0 Å². The molecule has 0 saturated heterocycles. The molecule has 0 amide bonds. The molecule has 0 aliphatic heterocycles. The van der Waals surface area contributed by atoms with E-state index in [0.717, 1.165) is 5.71 Å². The molecule has 20 heavy (non-hydrogen) atoms. The van der Waals surface area contributed by atoms with Crippen LogP contribution in [0.3, 0.4) is 0 Å². The average Bonchev–Trinajstić information content (AvgIpc) is 2.06. The van der Waals surface area contributed by atoms with Gasteiger partial charge in [-0.1, -0.05) is 13.8 Å². The number of nitrogens with zero attached hydrogens (tertiary/aromatic N) is 1. The predicted octanol–water partition coefficient (Wildman–Crippen LogP) is 5.35. The van der Waals surface area contributed by atoms with Crippen molar-refractivity contribution in [2.75, 3.05) is 0 Å². The van der Waals surface area contributed by atoms with Gasteiger partial charge in [-0.3, -0.25) is 9.56 Å². The van der Waals surface area contributed by atoms with Crippen molar-refractivity contribution in [2.24, 2.45) is 10.9 Å². The van der Waals surface area contributed by atoms with E-state index in [9.17, 15) is 4.57 Å². The second kappa shape index (κ2) is 7.01. The van der Waals surface area contributed by atoms with Gasteiger partial charge in [0.1, 0.15) is 0 Å².